The molecule has 1 aromatic carbocycles. The zero-order chi connectivity index (χ0) is 13.4. The SMILES string of the molecule is O=C(NCCCCCCO)c1cc(O)cc(O)c1. The van der Waals surface area contributed by atoms with Crippen LogP contribution in [0, 0.1) is 0 Å². The first-order valence-electron chi connectivity index (χ1n) is 6.05. The zero-order valence-corrected chi connectivity index (χ0v) is 10.2. The number of phenolic OH excluding ortho intramolecular Hbond substituents is 2. The molecule has 0 spiro atoms. The Balaban J connectivity index is 2.32. The average Bonchev–Trinajstić information content (AvgIpc) is 2.32. The highest BCUT2D eigenvalue weighted by molar-refractivity contribution is 5.94. The van der Waals surface area contributed by atoms with E-state index in [0.717, 1.165) is 25.7 Å². The topological polar surface area (TPSA) is 89.8 Å². The molecule has 4 N–H and O–H groups in total. The van der Waals surface area contributed by atoms with Crippen LogP contribution in [0.15, 0.2) is 18.2 Å². The van der Waals surface area contributed by atoms with Crippen molar-refractivity contribution < 1.29 is 20.1 Å². The van der Waals surface area contributed by atoms with Gasteiger partial charge >= 0.3 is 0 Å². The third kappa shape index (κ3) is 5.05. The number of amides is 1. The normalized spacial score (nSPS) is 10.3. The van der Waals surface area contributed by atoms with Gasteiger partial charge in [-0.05, 0) is 25.0 Å². The summed E-state index contributed by atoms with van der Waals surface area (Å²) >= 11 is 0. The monoisotopic (exact) mass is 253 g/mol. The van der Waals surface area contributed by atoms with Gasteiger partial charge in [-0.3, -0.25) is 4.79 Å². The molecule has 5 heteroatoms. The van der Waals surface area contributed by atoms with E-state index in [0.29, 0.717) is 6.54 Å². The van der Waals surface area contributed by atoms with Crippen molar-refractivity contribution in [1.82, 2.24) is 5.32 Å². The van der Waals surface area contributed by atoms with Gasteiger partial charge in [-0.1, -0.05) is 12.8 Å². The van der Waals surface area contributed by atoms with Crippen molar-refractivity contribution in [2.24, 2.45) is 0 Å². The summed E-state index contributed by atoms with van der Waals surface area (Å²) in [6.45, 7) is 0.746. The van der Waals surface area contributed by atoms with Crippen LogP contribution in [0.5, 0.6) is 11.5 Å². The molecular formula is C13H19NO4. The number of aliphatic hydroxyl groups excluding tert-OH is 1. The predicted molar refractivity (Wildman–Crippen MR) is 67.7 cm³/mol. The zero-order valence-electron chi connectivity index (χ0n) is 10.2. The maximum atomic E-state index is 11.7. The van der Waals surface area contributed by atoms with Crippen LogP contribution < -0.4 is 5.32 Å². The van der Waals surface area contributed by atoms with Crippen LogP contribution in [-0.4, -0.2) is 34.4 Å². The average molecular weight is 253 g/mol. The Bertz CT molecular complexity index is 372. The first-order valence-corrected chi connectivity index (χ1v) is 6.05. The first-order chi connectivity index (χ1) is 8.63. The fraction of sp³-hybridized carbons (Fsp3) is 0.462. The molecule has 0 bridgehead atoms. The lowest BCUT2D eigenvalue weighted by Crippen LogP contribution is -2.24. The van der Waals surface area contributed by atoms with Gasteiger partial charge in [0.05, 0.1) is 0 Å². The van der Waals surface area contributed by atoms with Gasteiger partial charge in [0, 0.05) is 24.8 Å². The number of unbranched alkanes of at least 4 members (excludes halogenated alkanes) is 3. The highest BCUT2D eigenvalue weighted by Crippen LogP contribution is 2.20. The van der Waals surface area contributed by atoms with Crippen LogP contribution in [0.2, 0.25) is 0 Å². The Labute approximate surface area is 106 Å². The smallest absolute Gasteiger partial charge is 0.251 e. The summed E-state index contributed by atoms with van der Waals surface area (Å²) in [5.74, 6) is -0.588. The number of benzene rings is 1. The van der Waals surface area contributed by atoms with Gasteiger partial charge in [-0.2, -0.15) is 0 Å². The number of carbonyl (C=O) groups excluding carboxylic acids is 1. The van der Waals surface area contributed by atoms with E-state index < -0.39 is 0 Å². The largest absolute Gasteiger partial charge is 0.508 e. The van der Waals surface area contributed by atoms with Crippen LogP contribution in [-0.2, 0) is 0 Å². The molecule has 100 valence electrons. The molecule has 0 heterocycles. The minimum atomic E-state index is -0.316. The number of aromatic hydroxyl groups is 2. The van der Waals surface area contributed by atoms with Gasteiger partial charge in [-0.25, -0.2) is 0 Å². The quantitative estimate of drug-likeness (QED) is 0.553. The molecule has 0 saturated carbocycles. The number of nitrogens with one attached hydrogen (secondary N) is 1. The number of aliphatic hydroxyl groups is 1. The van der Waals surface area contributed by atoms with E-state index in [-0.39, 0.29) is 29.6 Å². The van der Waals surface area contributed by atoms with E-state index in [4.69, 9.17) is 5.11 Å². The van der Waals surface area contributed by atoms with Gasteiger partial charge in [-0.15, -0.1) is 0 Å². The van der Waals surface area contributed by atoms with E-state index in [1.807, 2.05) is 0 Å². The highest BCUT2D eigenvalue weighted by Gasteiger charge is 2.07. The molecule has 0 radical (unpaired) electrons. The molecule has 18 heavy (non-hydrogen) atoms. The summed E-state index contributed by atoms with van der Waals surface area (Å²) in [5, 5.41) is 29.8. The molecular weight excluding hydrogens is 234 g/mol. The Morgan fingerprint density at radius 3 is 2.22 bits per heavy atom. The number of phenols is 2. The third-order valence-corrected chi connectivity index (χ3v) is 2.54. The molecule has 0 aliphatic carbocycles. The van der Waals surface area contributed by atoms with Crippen LogP contribution in [0.25, 0.3) is 0 Å². The van der Waals surface area contributed by atoms with Crippen molar-refractivity contribution in [2.45, 2.75) is 25.7 Å². The fourth-order valence-electron chi connectivity index (χ4n) is 1.62. The molecule has 5 nitrogen and oxygen atoms in total. The molecule has 0 unspecified atom stereocenters. The van der Waals surface area contributed by atoms with Crippen molar-refractivity contribution in [3.63, 3.8) is 0 Å². The molecule has 1 aromatic rings. The summed E-state index contributed by atoms with van der Waals surface area (Å²) in [6, 6.07) is 3.79. The minimum absolute atomic E-state index is 0.136. The lowest BCUT2D eigenvalue weighted by Gasteiger charge is -2.06. The van der Waals surface area contributed by atoms with E-state index in [9.17, 15) is 15.0 Å². The van der Waals surface area contributed by atoms with Gasteiger partial charge in [0.15, 0.2) is 0 Å². The minimum Gasteiger partial charge on any atom is -0.508 e. The fourth-order valence-corrected chi connectivity index (χ4v) is 1.62. The van der Waals surface area contributed by atoms with E-state index in [1.54, 1.807) is 0 Å². The number of hydrogen-bond acceptors (Lipinski definition) is 4. The van der Waals surface area contributed by atoms with Crippen LogP contribution in [0.1, 0.15) is 36.0 Å². The van der Waals surface area contributed by atoms with Crippen molar-refractivity contribution >= 4 is 5.91 Å². The summed E-state index contributed by atoms with van der Waals surface area (Å²) in [5.41, 5.74) is 0.239. The van der Waals surface area contributed by atoms with Gasteiger partial charge in [0.1, 0.15) is 11.5 Å². The molecule has 0 aliphatic heterocycles. The lowest BCUT2D eigenvalue weighted by molar-refractivity contribution is 0.0952. The van der Waals surface area contributed by atoms with Crippen molar-refractivity contribution in [3.8, 4) is 11.5 Å². The van der Waals surface area contributed by atoms with Gasteiger partial charge in [0.2, 0.25) is 0 Å². The van der Waals surface area contributed by atoms with Crippen LogP contribution in [0.3, 0.4) is 0 Å². The van der Waals surface area contributed by atoms with Crippen molar-refractivity contribution in [2.75, 3.05) is 13.2 Å². The maximum Gasteiger partial charge on any atom is 0.251 e. The Kier molecular flexibility index (Phi) is 6.00. The number of rotatable bonds is 7. The standard InChI is InChI=1S/C13H19NO4/c15-6-4-2-1-3-5-14-13(18)10-7-11(16)9-12(17)8-10/h7-9,15-17H,1-6H2,(H,14,18). The molecule has 0 fully saturated rings. The van der Waals surface area contributed by atoms with E-state index in [2.05, 4.69) is 5.32 Å². The van der Waals surface area contributed by atoms with Gasteiger partial charge in [0.25, 0.3) is 5.91 Å². The molecule has 1 amide bonds. The van der Waals surface area contributed by atoms with Gasteiger partial charge < -0.3 is 20.6 Å². The van der Waals surface area contributed by atoms with Crippen LogP contribution >= 0.6 is 0 Å². The van der Waals surface area contributed by atoms with E-state index >= 15 is 0 Å². The Morgan fingerprint density at radius 2 is 1.61 bits per heavy atom. The summed E-state index contributed by atoms with van der Waals surface area (Å²) < 4.78 is 0. The summed E-state index contributed by atoms with van der Waals surface area (Å²) in [6.07, 6.45) is 3.52. The molecule has 0 aliphatic rings. The lowest BCUT2D eigenvalue weighted by atomic mass is 10.1. The number of hydrogen-bond donors (Lipinski definition) is 4. The summed E-state index contributed by atoms with van der Waals surface area (Å²) in [4.78, 5) is 11.7. The maximum absolute atomic E-state index is 11.7. The van der Waals surface area contributed by atoms with Crippen molar-refractivity contribution in [1.29, 1.82) is 0 Å². The molecule has 0 saturated heterocycles. The highest BCUT2D eigenvalue weighted by atomic mass is 16.3. The molecule has 0 atom stereocenters. The predicted octanol–water partition coefficient (Wildman–Crippen LogP) is 1.38. The Hall–Kier alpha value is -1.75. The second-order valence-corrected chi connectivity index (χ2v) is 4.13. The molecule has 0 aromatic heterocycles. The number of carbonyl (C=O) groups is 1. The van der Waals surface area contributed by atoms with E-state index in [1.165, 1.54) is 18.2 Å². The second kappa shape index (κ2) is 7.55. The second-order valence-electron chi connectivity index (χ2n) is 4.13. The first kappa shape index (κ1) is 14.3. The third-order valence-electron chi connectivity index (χ3n) is 2.54. The molecule has 1 rings (SSSR count). The Morgan fingerprint density at radius 1 is 1.00 bits per heavy atom. The van der Waals surface area contributed by atoms with Crippen LogP contribution in [0.4, 0.5) is 0 Å². The van der Waals surface area contributed by atoms with Crippen molar-refractivity contribution in [3.05, 3.63) is 23.8 Å². The summed E-state index contributed by atoms with van der Waals surface area (Å²) in [7, 11) is 0.